The molecule has 0 heterocycles. The summed E-state index contributed by atoms with van der Waals surface area (Å²) in [5.41, 5.74) is 1.63. The van der Waals surface area contributed by atoms with Crippen LogP contribution in [0.3, 0.4) is 0 Å². The molecule has 2 rings (SSSR count). The molecule has 4 nitrogen and oxygen atoms in total. The van der Waals surface area contributed by atoms with E-state index in [0.29, 0.717) is 10.8 Å². The molecule has 0 aliphatic carbocycles. The molecule has 0 saturated heterocycles. The maximum Gasteiger partial charge on any atom is 0.269 e. The summed E-state index contributed by atoms with van der Waals surface area (Å²) in [6.07, 6.45) is 0. The fourth-order valence-corrected chi connectivity index (χ4v) is 2.79. The van der Waals surface area contributed by atoms with Gasteiger partial charge >= 0.3 is 0 Å². The summed E-state index contributed by atoms with van der Waals surface area (Å²) in [4.78, 5) is 11.3. The van der Waals surface area contributed by atoms with Crippen molar-refractivity contribution in [3.8, 4) is 0 Å². The highest BCUT2D eigenvalue weighted by atomic mass is 35.5. The van der Waals surface area contributed by atoms with Gasteiger partial charge in [-0.3, -0.25) is 10.1 Å². The summed E-state index contributed by atoms with van der Waals surface area (Å²) in [6.45, 7) is 0.0155. The minimum absolute atomic E-state index is 0.0155. The van der Waals surface area contributed by atoms with E-state index in [-0.39, 0.29) is 12.3 Å². The number of aliphatic hydroxyl groups excluding tert-OH is 1. The van der Waals surface area contributed by atoms with Crippen molar-refractivity contribution in [3.05, 3.63) is 68.7 Å². The molecule has 0 saturated carbocycles. The van der Waals surface area contributed by atoms with E-state index in [2.05, 4.69) is 0 Å². The molecule has 0 bridgehead atoms. The third-order valence-electron chi connectivity index (χ3n) is 2.74. The molecule has 1 N–H and O–H groups in total. The zero-order chi connectivity index (χ0) is 14.5. The van der Waals surface area contributed by atoms with Gasteiger partial charge in [0.15, 0.2) is 0 Å². The molecule has 0 amide bonds. The van der Waals surface area contributed by atoms with Gasteiger partial charge in [-0.2, -0.15) is 0 Å². The van der Waals surface area contributed by atoms with Crippen LogP contribution >= 0.6 is 23.4 Å². The summed E-state index contributed by atoms with van der Waals surface area (Å²) in [7, 11) is 0. The number of hydrogen-bond acceptors (Lipinski definition) is 4. The lowest BCUT2D eigenvalue weighted by Gasteiger charge is -2.05. The first-order chi connectivity index (χ1) is 9.60. The number of halogens is 1. The Hall–Kier alpha value is -1.56. The van der Waals surface area contributed by atoms with Crippen molar-refractivity contribution in [1.82, 2.24) is 0 Å². The topological polar surface area (TPSA) is 63.4 Å². The van der Waals surface area contributed by atoms with Crippen LogP contribution in [0.15, 0.2) is 47.4 Å². The fourth-order valence-electron chi connectivity index (χ4n) is 1.64. The lowest BCUT2D eigenvalue weighted by molar-refractivity contribution is -0.384. The highest BCUT2D eigenvalue weighted by Gasteiger charge is 2.10. The van der Waals surface area contributed by atoms with Crippen molar-refractivity contribution in [3.63, 3.8) is 0 Å². The van der Waals surface area contributed by atoms with Gasteiger partial charge in [0.25, 0.3) is 5.69 Å². The molecular formula is C14H12ClNO3S. The Bertz CT molecular complexity index is 616. The van der Waals surface area contributed by atoms with Crippen molar-refractivity contribution in [2.24, 2.45) is 0 Å². The highest BCUT2D eigenvalue weighted by molar-refractivity contribution is 7.98. The second kappa shape index (κ2) is 6.74. The predicted octanol–water partition coefficient (Wildman–Crippen LogP) is 4.03. The average Bonchev–Trinajstić information content (AvgIpc) is 2.46. The molecule has 6 heteroatoms. The lowest BCUT2D eigenvalue weighted by Crippen LogP contribution is -1.90. The van der Waals surface area contributed by atoms with E-state index in [1.807, 2.05) is 24.3 Å². The van der Waals surface area contributed by atoms with Crippen LogP contribution < -0.4 is 0 Å². The third-order valence-corrected chi connectivity index (χ3v) is 4.17. The van der Waals surface area contributed by atoms with E-state index in [4.69, 9.17) is 16.7 Å². The minimum atomic E-state index is -0.430. The number of rotatable bonds is 5. The number of hydrogen-bond donors (Lipinski definition) is 1. The normalized spacial score (nSPS) is 10.5. The van der Waals surface area contributed by atoms with Crippen molar-refractivity contribution in [1.29, 1.82) is 0 Å². The molecule has 2 aromatic carbocycles. The number of nitro groups is 1. The minimum Gasteiger partial charge on any atom is -0.392 e. The van der Waals surface area contributed by atoms with Gasteiger partial charge in [-0.25, -0.2) is 0 Å². The number of nitro benzene ring substituents is 1. The van der Waals surface area contributed by atoms with Crippen LogP contribution in [0.25, 0.3) is 0 Å². The quantitative estimate of drug-likeness (QED) is 0.514. The van der Waals surface area contributed by atoms with Gasteiger partial charge in [0, 0.05) is 27.8 Å². The Labute approximate surface area is 125 Å². The number of non-ortho nitro benzene ring substituents is 1. The molecular weight excluding hydrogens is 298 g/mol. The molecule has 0 aromatic heterocycles. The summed E-state index contributed by atoms with van der Waals surface area (Å²) in [5.74, 6) is 0.555. The van der Waals surface area contributed by atoms with Crippen LogP contribution in [-0.2, 0) is 12.4 Å². The van der Waals surface area contributed by atoms with Gasteiger partial charge < -0.3 is 5.11 Å². The molecule has 20 heavy (non-hydrogen) atoms. The summed E-state index contributed by atoms with van der Waals surface area (Å²) in [5, 5.41) is 20.2. The van der Waals surface area contributed by atoms with Crippen LogP contribution in [0.4, 0.5) is 5.69 Å². The molecule has 0 radical (unpaired) electrons. The van der Waals surface area contributed by atoms with Crippen LogP contribution in [0, 0.1) is 10.1 Å². The van der Waals surface area contributed by atoms with Crippen LogP contribution in [0.2, 0.25) is 5.02 Å². The van der Waals surface area contributed by atoms with Crippen molar-refractivity contribution in [2.75, 3.05) is 0 Å². The number of thioether (sulfide) groups is 1. The molecule has 104 valence electrons. The van der Waals surface area contributed by atoms with Crippen molar-refractivity contribution >= 4 is 29.1 Å². The van der Waals surface area contributed by atoms with E-state index >= 15 is 0 Å². The van der Waals surface area contributed by atoms with Crippen molar-refractivity contribution < 1.29 is 10.0 Å². The van der Waals surface area contributed by atoms with E-state index in [0.717, 1.165) is 16.0 Å². The molecule has 0 unspecified atom stereocenters. The largest absolute Gasteiger partial charge is 0.392 e. The van der Waals surface area contributed by atoms with E-state index in [1.54, 1.807) is 6.07 Å². The van der Waals surface area contributed by atoms with Gasteiger partial charge in [-0.05, 0) is 29.3 Å². The van der Waals surface area contributed by atoms with Crippen LogP contribution in [-0.4, -0.2) is 10.0 Å². The second-order valence-electron chi connectivity index (χ2n) is 4.12. The first-order valence-corrected chi connectivity index (χ1v) is 7.22. The number of benzene rings is 2. The molecule has 0 aliphatic rings. The van der Waals surface area contributed by atoms with Crippen molar-refractivity contribution in [2.45, 2.75) is 17.3 Å². The monoisotopic (exact) mass is 309 g/mol. The Morgan fingerprint density at radius 2 is 1.90 bits per heavy atom. The Kier molecular flexibility index (Phi) is 5.00. The SMILES string of the molecule is O=[N+]([O-])c1ccc(Cl)c(CSc2ccc(CO)cc2)c1. The Morgan fingerprint density at radius 3 is 2.50 bits per heavy atom. The Morgan fingerprint density at radius 1 is 1.20 bits per heavy atom. The highest BCUT2D eigenvalue weighted by Crippen LogP contribution is 2.29. The maximum atomic E-state index is 10.7. The van der Waals surface area contributed by atoms with E-state index in [1.165, 1.54) is 23.9 Å². The van der Waals surface area contributed by atoms with Gasteiger partial charge in [0.1, 0.15) is 0 Å². The number of aliphatic hydroxyl groups is 1. The standard InChI is InChI=1S/C14H12ClNO3S/c15-14-6-3-12(16(18)19)7-11(14)9-20-13-4-1-10(8-17)2-5-13/h1-7,17H,8-9H2. The van der Waals surface area contributed by atoms with Crippen LogP contribution in [0.1, 0.15) is 11.1 Å². The molecule has 0 atom stereocenters. The lowest BCUT2D eigenvalue weighted by atomic mass is 10.2. The first-order valence-electron chi connectivity index (χ1n) is 5.85. The zero-order valence-corrected chi connectivity index (χ0v) is 12.0. The van der Waals surface area contributed by atoms with Gasteiger partial charge in [-0.1, -0.05) is 23.7 Å². The van der Waals surface area contributed by atoms with E-state index in [9.17, 15) is 10.1 Å². The molecule has 0 spiro atoms. The summed E-state index contributed by atoms with van der Waals surface area (Å²) < 4.78 is 0. The molecule has 0 aliphatic heterocycles. The second-order valence-corrected chi connectivity index (χ2v) is 5.58. The van der Waals surface area contributed by atoms with Gasteiger partial charge in [0.2, 0.25) is 0 Å². The van der Waals surface area contributed by atoms with E-state index < -0.39 is 4.92 Å². The average molecular weight is 310 g/mol. The Balaban J connectivity index is 2.09. The number of nitrogens with zero attached hydrogens (tertiary/aromatic N) is 1. The molecule has 2 aromatic rings. The first kappa shape index (κ1) is 14.8. The fraction of sp³-hybridized carbons (Fsp3) is 0.143. The third kappa shape index (κ3) is 3.72. The summed E-state index contributed by atoms with van der Waals surface area (Å²) in [6, 6.07) is 11.9. The van der Waals surface area contributed by atoms with Crippen LogP contribution in [0.5, 0.6) is 0 Å². The molecule has 0 fully saturated rings. The maximum absolute atomic E-state index is 10.7. The van der Waals surface area contributed by atoms with Gasteiger partial charge in [-0.15, -0.1) is 11.8 Å². The zero-order valence-electron chi connectivity index (χ0n) is 10.5. The summed E-state index contributed by atoms with van der Waals surface area (Å²) >= 11 is 7.58. The van der Waals surface area contributed by atoms with Gasteiger partial charge in [0.05, 0.1) is 11.5 Å². The smallest absolute Gasteiger partial charge is 0.269 e. The predicted molar refractivity (Wildman–Crippen MR) is 80.0 cm³/mol.